The Morgan fingerprint density at radius 1 is 0.667 bits per heavy atom. The van der Waals surface area contributed by atoms with Crippen molar-refractivity contribution < 1.29 is 5.11 Å². The average molecular weight is 541 g/mol. The van der Waals surface area contributed by atoms with Crippen LogP contribution in [0.25, 0.3) is 0 Å². The summed E-state index contributed by atoms with van der Waals surface area (Å²) in [5.74, 6) is 0. The summed E-state index contributed by atoms with van der Waals surface area (Å²) in [6.45, 7) is 2.82. The zero-order valence-electron chi connectivity index (χ0n) is 20.7. The molecule has 1 N–H and O–H groups in total. The van der Waals surface area contributed by atoms with E-state index in [1.165, 1.54) is 22.3 Å². The van der Waals surface area contributed by atoms with E-state index in [1.54, 1.807) is 0 Å². The molecule has 1 aliphatic rings. The second kappa shape index (κ2) is 11.1. The lowest BCUT2D eigenvalue weighted by atomic mass is 9.67. The molecule has 5 rings (SSSR count). The maximum Gasteiger partial charge on any atom is 0.0712 e. The zero-order chi connectivity index (χ0) is 24.8. The smallest absolute Gasteiger partial charge is 0.0712 e. The van der Waals surface area contributed by atoms with E-state index in [4.69, 9.17) is 0 Å². The Morgan fingerprint density at radius 3 is 1.56 bits per heavy atom. The van der Waals surface area contributed by atoms with Crippen LogP contribution in [0.1, 0.15) is 41.5 Å². The predicted molar refractivity (Wildman–Crippen MR) is 152 cm³/mol. The molecule has 2 nitrogen and oxygen atoms in total. The molecule has 0 amide bonds. The van der Waals surface area contributed by atoms with Gasteiger partial charge in [-0.25, -0.2) is 0 Å². The van der Waals surface area contributed by atoms with Crippen molar-refractivity contribution in [3.8, 4) is 0 Å². The van der Waals surface area contributed by atoms with Gasteiger partial charge in [-0.1, -0.05) is 119 Å². The lowest BCUT2D eigenvalue weighted by molar-refractivity contribution is -0.0213. The van der Waals surface area contributed by atoms with E-state index in [0.29, 0.717) is 0 Å². The van der Waals surface area contributed by atoms with Gasteiger partial charge in [-0.05, 0) is 60.2 Å². The van der Waals surface area contributed by atoms with Crippen LogP contribution in [0.15, 0.2) is 120 Å². The highest BCUT2D eigenvalue weighted by atomic mass is 79.9. The van der Waals surface area contributed by atoms with Crippen LogP contribution in [0, 0.1) is 0 Å². The van der Waals surface area contributed by atoms with Crippen LogP contribution in [-0.4, -0.2) is 35.2 Å². The normalized spacial score (nSPS) is 16.1. The molecule has 3 heteroatoms. The van der Waals surface area contributed by atoms with Crippen LogP contribution in [0.4, 0.5) is 0 Å². The van der Waals surface area contributed by atoms with Crippen LogP contribution >= 0.6 is 15.9 Å². The Balaban J connectivity index is 1.37. The van der Waals surface area contributed by atoms with E-state index in [1.807, 2.05) is 0 Å². The Hall–Kier alpha value is -2.72. The van der Waals surface area contributed by atoms with Crippen molar-refractivity contribution in [1.29, 1.82) is 0 Å². The summed E-state index contributed by atoms with van der Waals surface area (Å²) in [6, 6.07) is 41.2. The van der Waals surface area contributed by atoms with E-state index < -0.39 is 5.60 Å². The number of hydrogen-bond acceptors (Lipinski definition) is 2. The molecule has 0 radical (unpaired) electrons. The van der Waals surface area contributed by atoms with Crippen molar-refractivity contribution in [3.63, 3.8) is 0 Å². The highest BCUT2D eigenvalue weighted by Crippen LogP contribution is 2.42. The molecule has 4 aromatic rings. The van der Waals surface area contributed by atoms with Crippen molar-refractivity contribution in [1.82, 2.24) is 4.90 Å². The first-order valence-electron chi connectivity index (χ1n) is 12.9. The largest absolute Gasteiger partial charge is 0.389 e. The molecule has 0 spiro atoms. The lowest BCUT2D eigenvalue weighted by Gasteiger charge is -2.41. The number of hydrogen-bond donors (Lipinski definition) is 1. The molecule has 0 aromatic heterocycles. The van der Waals surface area contributed by atoms with Crippen LogP contribution in [-0.2, 0) is 11.8 Å². The summed E-state index contributed by atoms with van der Waals surface area (Å²) in [7, 11) is 0. The van der Waals surface area contributed by atoms with Crippen molar-refractivity contribution in [2.45, 2.75) is 36.7 Å². The van der Waals surface area contributed by atoms with Crippen molar-refractivity contribution in [2.24, 2.45) is 0 Å². The van der Waals surface area contributed by atoms with Crippen molar-refractivity contribution in [2.75, 3.05) is 19.6 Å². The number of piperidine rings is 1. The van der Waals surface area contributed by atoms with Crippen LogP contribution in [0.5, 0.6) is 0 Å². The zero-order valence-corrected chi connectivity index (χ0v) is 22.3. The van der Waals surface area contributed by atoms with Crippen molar-refractivity contribution in [3.05, 3.63) is 142 Å². The molecule has 184 valence electrons. The topological polar surface area (TPSA) is 23.5 Å². The van der Waals surface area contributed by atoms with Gasteiger partial charge in [0, 0.05) is 29.4 Å². The second-order valence-electron chi connectivity index (χ2n) is 10.1. The fraction of sp³-hybridized carbons (Fsp3) is 0.273. The fourth-order valence-electron chi connectivity index (χ4n) is 5.78. The van der Waals surface area contributed by atoms with Gasteiger partial charge in [-0.15, -0.1) is 0 Å². The van der Waals surface area contributed by atoms with Gasteiger partial charge in [0.05, 0.1) is 5.60 Å². The molecule has 0 aliphatic carbocycles. The van der Waals surface area contributed by atoms with Gasteiger partial charge < -0.3 is 10.0 Å². The second-order valence-corrected chi connectivity index (χ2v) is 11.0. The van der Waals surface area contributed by atoms with Gasteiger partial charge >= 0.3 is 0 Å². The van der Waals surface area contributed by atoms with Gasteiger partial charge in [-0.3, -0.25) is 0 Å². The quantitative estimate of drug-likeness (QED) is 0.238. The van der Waals surface area contributed by atoms with Crippen molar-refractivity contribution >= 4 is 15.9 Å². The van der Waals surface area contributed by atoms with E-state index in [-0.39, 0.29) is 5.41 Å². The number of rotatable bonds is 8. The summed E-state index contributed by atoms with van der Waals surface area (Å²) >= 11 is 3.51. The van der Waals surface area contributed by atoms with Gasteiger partial charge in [0.1, 0.15) is 0 Å². The Morgan fingerprint density at radius 2 is 1.11 bits per heavy atom. The molecule has 1 saturated heterocycles. The summed E-state index contributed by atoms with van der Waals surface area (Å²) < 4.78 is 1.08. The van der Waals surface area contributed by atoms with E-state index in [2.05, 4.69) is 136 Å². The van der Waals surface area contributed by atoms with Crippen LogP contribution in [0.3, 0.4) is 0 Å². The highest BCUT2D eigenvalue weighted by molar-refractivity contribution is 9.10. The molecule has 1 heterocycles. The van der Waals surface area contributed by atoms with Crippen LogP contribution < -0.4 is 0 Å². The average Bonchev–Trinajstić information content (AvgIpc) is 2.93. The predicted octanol–water partition coefficient (Wildman–Crippen LogP) is 7.24. The van der Waals surface area contributed by atoms with Gasteiger partial charge in [0.2, 0.25) is 0 Å². The third kappa shape index (κ3) is 5.49. The molecular formula is C33H34BrNO. The molecular weight excluding hydrogens is 506 g/mol. The Kier molecular flexibility index (Phi) is 7.71. The van der Waals surface area contributed by atoms with Crippen LogP contribution in [0.2, 0.25) is 0 Å². The minimum Gasteiger partial charge on any atom is -0.389 e. The summed E-state index contributed by atoms with van der Waals surface area (Å²) in [6.07, 6.45) is 3.31. The standard InChI is InChI=1S/C33H34BrNO/c34-31-18-16-27(17-19-31)26-32(36)20-23-35(24-21-32)25-22-33(28-10-4-1-5-11-28,29-12-6-2-7-13-29)30-14-8-3-9-15-30/h1-19,36H,20-26H2. The van der Waals surface area contributed by atoms with Gasteiger partial charge in [-0.2, -0.15) is 0 Å². The Labute approximate surface area is 223 Å². The molecule has 0 unspecified atom stereocenters. The third-order valence-electron chi connectivity index (χ3n) is 7.84. The lowest BCUT2D eigenvalue weighted by Crippen LogP contribution is -2.47. The van der Waals surface area contributed by atoms with E-state index in [0.717, 1.165) is 49.8 Å². The minimum absolute atomic E-state index is 0.227. The summed E-state index contributed by atoms with van der Waals surface area (Å²) in [5, 5.41) is 11.3. The van der Waals surface area contributed by atoms with E-state index >= 15 is 0 Å². The number of nitrogens with zero attached hydrogens (tertiary/aromatic N) is 1. The Bertz CT molecular complexity index is 1120. The number of likely N-dealkylation sites (tertiary alicyclic amines) is 1. The molecule has 0 bridgehead atoms. The molecule has 4 aromatic carbocycles. The molecule has 1 fully saturated rings. The number of benzene rings is 4. The highest BCUT2D eigenvalue weighted by Gasteiger charge is 2.38. The number of aliphatic hydroxyl groups is 1. The van der Waals surface area contributed by atoms with E-state index in [9.17, 15) is 5.11 Å². The molecule has 0 saturated carbocycles. The molecule has 36 heavy (non-hydrogen) atoms. The van der Waals surface area contributed by atoms with Gasteiger partial charge in [0.25, 0.3) is 0 Å². The summed E-state index contributed by atoms with van der Waals surface area (Å²) in [4.78, 5) is 2.54. The maximum atomic E-state index is 11.3. The fourth-order valence-corrected chi connectivity index (χ4v) is 6.04. The summed E-state index contributed by atoms with van der Waals surface area (Å²) in [5.41, 5.74) is 4.32. The third-order valence-corrected chi connectivity index (χ3v) is 8.36. The maximum absolute atomic E-state index is 11.3. The first kappa shape index (κ1) is 25.0. The first-order valence-corrected chi connectivity index (χ1v) is 13.7. The van der Waals surface area contributed by atoms with Gasteiger partial charge in [0.15, 0.2) is 0 Å². The monoisotopic (exact) mass is 539 g/mol. The minimum atomic E-state index is -0.625. The number of halogens is 1. The first-order chi connectivity index (χ1) is 17.6. The SMILES string of the molecule is OC1(Cc2ccc(Br)cc2)CCN(CCC(c2ccccc2)(c2ccccc2)c2ccccc2)CC1. The molecule has 1 aliphatic heterocycles. The molecule has 0 atom stereocenters.